The molecule has 5 nitrogen and oxygen atoms in total. The minimum Gasteiger partial charge on any atom is -0.478 e. The van der Waals surface area contributed by atoms with Gasteiger partial charge in [-0.25, -0.2) is 14.0 Å². The zero-order valence-electron chi connectivity index (χ0n) is 14.4. The average molecular weight is 403 g/mol. The van der Waals surface area contributed by atoms with E-state index >= 15 is 0 Å². The summed E-state index contributed by atoms with van der Waals surface area (Å²) in [6, 6.07) is 19.4. The second kappa shape index (κ2) is 8.65. The summed E-state index contributed by atoms with van der Waals surface area (Å²) in [5, 5.41) is 20.1. The summed E-state index contributed by atoms with van der Waals surface area (Å²) < 4.78 is 19.0. The Morgan fingerprint density at radius 2 is 1.36 bits per heavy atom. The third-order valence-corrected chi connectivity index (χ3v) is 4.06. The van der Waals surface area contributed by atoms with Gasteiger partial charge in [-0.05, 0) is 23.3 Å². The van der Waals surface area contributed by atoms with Crippen LogP contribution in [0.5, 0.6) is 5.75 Å². The molecular formula is C21H16ClFO5. The Kier molecular flexibility index (Phi) is 6.51. The Labute approximate surface area is 166 Å². The molecular weight excluding hydrogens is 387 g/mol. The Morgan fingerprint density at radius 3 is 1.79 bits per heavy atom. The van der Waals surface area contributed by atoms with Crippen LogP contribution in [0.1, 0.15) is 21.5 Å². The summed E-state index contributed by atoms with van der Waals surface area (Å²) in [4.78, 5) is 23.8. The van der Waals surface area contributed by atoms with Crippen LogP contribution < -0.4 is 4.74 Å². The summed E-state index contributed by atoms with van der Waals surface area (Å²) in [6.45, 7) is 0. The van der Waals surface area contributed by atoms with Crippen LogP contribution >= 0.6 is 12.4 Å². The van der Waals surface area contributed by atoms with E-state index in [1.807, 2.05) is 0 Å². The van der Waals surface area contributed by atoms with E-state index in [1.54, 1.807) is 60.7 Å². The fourth-order valence-electron chi connectivity index (χ4n) is 2.67. The lowest BCUT2D eigenvalue weighted by molar-refractivity contribution is -0.152. The molecule has 3 aromatic carbocycles. The molecule has 0 heterocycles. The molecule has 0 unspecified atom stereocenters. The van der Waals surface area contributed by atoms with Crippen molar-refractivity contribution in [3.8, 4) is 5.75 Å². The number of aromatic carboxylic acids is 1. The van der Waals surface area contributed by atoms with Crippen LogP contribution in [0, 0.1) is 5.82 Å². The number of esters is 1. The first-order chi connectivity index (χ1) is 12.9. The van der Waals surface area contributed by atoms with Crippen LogP contribution in [-0.2, 0) is 10.4 Å². The predicted molar refractivity (Wildman–Crippen MR) is 102 cm³/mol. The number of hydrogen-bond donors (Lipinski definition) is 2. The number of hydrogen-bond acceptors (Lipinski definition) is 4. The molecule has 7 heteroatoms. The zero-order valence-corrected chi connectivity index (χ0v) is 15.2. The number of carbonyl (C=O) groups excluding carboxylic acids is 1. The fourth-order valence-corrected chi connectivity index (χ4v) is 2.67. The highest BCUT2D eigenvalue weighted by atomic mass is 35.5. The van der Waals surface area contributed by atoms with Gasteiger partial charge in [-0.2, -0.15) is 0 Å². The molecule has 0 aliphatic rings. The maximum absolute atomic E-state index is 13.9. The molecule has 0 fully saturated rings. The molecule has 2 N–H and O–H groups in total. The highest BCUT2D eigenvalue weighted by Crippen LogP contribution is 2.32. The van der Waals surface area contributed by atoms with Crippen molar-refractivity contribution in [2.45, 2.75) is 5.60 Å². The van der Waals surface area contributed by atoms with Crippen molar-refractivity contribution in [1.29, 1.82) is 0 Å². The Hall–Kier alpha value is -3.22. The van der Waals surface area contributed by atoms with E-state index in [-0.39, 0.29) is 29.3 Å². The van der Waals surface area contributed by atoms with Gasteiger partial charge in [-0.15, -0.1) is 12.4 Å². The molecule has 28 heavy (non-hydrogen) atoms. The maximum atomic E-state index is 13.9. The largest absolute Gasteiger partial charge is 0.478 e. The second-order valence-corrected chi connectivity index (χ2v) is 5.78. The molecule has 144 valence electrons. The van der Waals surface area contributed by atoms with Gasteiger partial charge in [0.2, 0.25) is 5.60 Å². The topological polar surface area (TPSA) is 83.8 Å². The normalized spacial score (nSPS) is 10.6. The molecule has 0 saturated heterocycles. The lowest BCUT2D eigenvalue weighted by Crippen LogP contribution is -2.40. The molecule has 0 amide bonds. The third kappa shape index (κ3) is 4.03. The van der Waals surface area contributed by atoms with Crippen molar-refractivity contribution in [2.24, 2.45) is 0 Å². The van der Waals surface area contributed by atoms with Crippen LogP contribution in [0.25, 0.3) is 0 Å². The number of benzene rings is 3. The first kappa shape index (κ1) is 21.1. The number of rotatable bonds is 5. The molecule has 0 aliphatic carbocycles. The van der Waals surface area contributed by atoms with Crippen LogP contribution in [0.15, 0.2) is 78.9 Å². The van der Waals surface area contributed by atoms with E-state index in [1.165, 1.54) is 0 Å². The van der Waals surface area contributed by atoms with E-state index in [2.05, 4.69) is 0 Å². The molecule has 0 aliphatic heterocycles. The van der Waals surface area contributed by atoms with Crippen molar-refractivity contribution in [2.75, 3.05) is 0 Å². The van der Waals surface area contributed by atoms with Crippen molar-refractivity contribution >= 4 is 24.3 Å². The summed E-state index contributed by atoms with van der Waals surface area (Å²) in [6.07, 6.45) is 0. The van der Waals surface area contributed by atoms with Crippen molar-refractivity contribution in [3.05, 3.63) is 101 Å². The van der Waals surface area contributed by atoms with Crippen molar-refractivity contribution < 1.29 is 28.9 Å². The first-order valence-electron chi connectivity index (χ1n) is 8.01. The minimum absolute atomic E-state index is 0. The average Bonchev–Trinajstić information content (AvgIpc) is 2.68. The number of aliphatic hydroxyl groups is 1. The molecule has 0 bridgehead atoms. The highest BCUT2D eigenvalue weighted by Gasteiger charge is 2.42. The minimum atomic E-state index is -2.12. The molecule has 0 atom stereocenters. The van der Waals surface area contributed by atoms with Gasteiger partial charge in [0.15, 0.2) is 0 Å². The molecule has 0 aromatic heterocycles. The molecule has 0 radical (unpaired) electrons. The van der Waals surface area contributed by atoms with Crippen LogP contribution in [0.2, 0.25) is 0 Å². The standard InChI is InChI=1S/C21H15FO5.ClH/c22-18-13-16(11-12-17(18)19(23)24)27-20(25)21(26,14-7-3-1-4-8-14)15-9-5-2-6-10-15;/h1-13,26H,(H,23,24);1H. The number of carbonyl (C=O) groups is 2. The molecule has 3 rings (SSSR count). The van der Waals surface area contributed by atoms with E-state index in [4.69, 9.17) is 9.84 Å². The summed E-state index contributed by atoms with van der Waals surface area (Å²) in [7, 11) is 0. The molecule has 3 aromatic rings. The van der Waals surface area contributed by atoms with Gasteiger partial charge in [0.1, 0.15) is 11.6 Å². The van der Waals surface area contributed by atoms with Crippen molar-refractivity contribution in [1.82, 2.24) is 0 Å². The lowest BCUT2D eigenvalue weighted by Gasteiger charge is -2.27. The monoisotopic (exact) mass is 402 g/mol. The van der Waals surface area contributed by atoms with Crippen LogP contribution in [0.3, 0.4) is 0 Å². The summed E-state index contributed by atoms with van der Waals surface area (Å²) in [5.41, 5.74) is -2.10. The van der Waals surface area contributed by atoms with E-state index in [9.17, 15) is 19.1 Å². The maximum Gasteiger partial charge on any atom is 0.353 e. The van der Waals surface area contributed by atoms with E-state index < -0.39 is 28.9 Å². The van der Waals surface area contributed by atoms with Crippen LogP contribution in [0.4, 0.5) is 4.39 Å². The fraction of sp³-hybridized carbons (Fsp3) is 0.0476. The summed E-state index contributed by atoms with van der Waals surface area (Å²) >= 11 is 0. The third-order valence-electron chi connectivity index (χ3n) is 4.06. The van der Waals surface area contributed by atoms with Gasteiger partial charge in [0.05, 0.1) is 5.56 Å². The molecule has 0 spiro atoms. The SMILES string of the molecule is Cl.O=C(O)c1ccc(OC(=O)C(O)(c2ccccc2)c2ccccc2)cc1F. The second-order valence-electron chi connectivity index (χ2n) is 5.78. The van der Waals surface area contributed by atoms with Crippen molar-refractivity contribution in [3.63, 3.8) is 0 Å². The molecule has 0 saturated carbocycles. The van der Waals surface area contributed by atoms with Gasteiger partial charge in [0, 0.05) is 6.07 Å². The predicted octanol–water partition coefficient (Wildman–Crippen LogP) is 3.79. The zero-order chi connectivity index (χ0) is 19.4. The van der Waals surface area contributed by atoms with Gasteiger partial charge in [0.25, 0.3) is 0 Å². The quantitative estimate of drug-likeness (QED) is 0.501. The highest BCUT2D eigenvalue weighted by molar-refractivity contribution is 5.89. The number of ether oxygens (including phenoxy) is 1. The van der Waals surface area contributed by atoms with Gasteiger partial charge in [-0.3, -0.25) is 0 Å². The first-order valence-corrected chi connectivity index (χ1v) is 8.01. The smallest absolute Gasteiger partial charge is 0.353 e. The van der Waals surface area contributed by atoms with E-state index in [0.717, 1.165) is 18.2 Å². The lowest BCUT2D eigenvalue weighted by atomic mass is 9.86. The number of carboxylic acid groups (broad SMARTS) is 1. The number of carboxylic acids is 1. The van der Waals surface area contributed by atoms with Gasteiger partial charge < -0.3 is 14.9 Å². The van der Waals surface area contributed by atoms with Gasteiger partial charge in [-0.1, -0.05) is 60.7 Å². The number of halogens is 2. The Bertz CT molecular complexity index is 937. The van der Waals surface area contributed by atoms with Crippen LogP contribution in [-0.4, -0.2) is 22.2 Å². The summed E-state index contributed by atoms with van der Waals surface area (Å²) in [5.74, 6) is -3.73. The van der Waals surface area contributed by atoms with Gasteiger partial charge >= 0.3 is 11.9 Å². The Morgan fingerprint density at radius 1 is 0.857 bits per heavy atom. The Balaban J connectivity index is 0.00000280. The van der Waals surface area contributed by atoms with E-state index in [0.29, 0.717) is 0 Å².